The fraction of sp³-hybridized carbons (Fsp3) is 0.300. The van der Waals surface area contributed by atoms with Crippen LogP contribution in [0.1, 0.15) is 53.8 Å². The summed E-state index contributed by atoms with van der Waals surface area (Å²) in [6.07, 6.45) is 2.37. The molecule has 0 bridgehead atoms. The molecule has 0 aliphatic carbocycles. The van der Waals surface area contributed by atoms with Crippen LogP contribution in [0, 0.1) is 0 Å². The monoisotopic (exact) mass is 550 g/mol. The first-order valence-corrected chi connectivity index (χ1v) is 13.6. The Morgan fingerprint density at radius 3 is 2.21 bits per heavy atom. The van der Waals surface area contributed by atoms with E-state index in [0.29, 0.717) is 47.0 Å². The zero-order valence-electron chi connectivity index (χ0n) is 22.6. The summed E-state index contributed by atoms with van der Waals surface area (Å²) in [7, 11) is 3.05. The van der Waals surface area contributed by atoms with Crippen LogP contribution in [0.25, 0.3) is 0 Å². The summed E-state index contributed by atoms with van der Waals surface area (Å²) < 4.78 is 15.7. The largest absolute Gasteiger partial charge is 0.493 e. The zero-order valence-corrected chi connectivity index (χ0v) is 23.4. The minimum absolute atomic E-state index is 0.152. The number of hydrogen-bond donors (Lipinski definition) is 2. The molecule has 1 unspecified atom stereocenters. The van der Waals surface area contributed by atoms with Crippen LogP contribution in [0.15, 0.2) is 71.6 Å². The van der Waals surface area contributed by atoms with E-state index in [-0.39, 0.29) is 23.0 Å². The number of carbonyl (C=O) groups excluding carboxylic acids is 3. The topological polar surface area (TPSA) is 103 Å². The molecule has 206 valence electrons. The lowest BCUT2D eigenvalue weighted by Gasteiger charge is -2.16. The molecule has 1 atom stereocenters. The summed E-state index contributed by atoms with van der Waals surface area (Å²) in [5.41, 5.74) is 2.07. The maximum Gasteiger partial charge on any atom is 0.338 e. The normalized spacial score (nSPS) is 11.3. The fourth-order valence-electron chi connectivity index (χ4n) is 3.62. The first-order chi connectivity index (χ1) is 18.9. The van der Waals surface area contributed by atoms with E-state index in [4.69, 9.17) is 14.2 Å². The van der Waals surface area contributed by atoms with E-state index in [1.54, 1.807) is 48.5 Å². The number of hydrogen-bond acceptors (Lipinski definition) is 7. The van der Waals surface area contributed by atoms with Gasteiger partial charge in [-0.3, -0.25) is 9.59 Å². The third kappa shape index (κ3) is 8.51. The molecule has 3 aromatic rings. The first-order valence-electron chi connectivity index (χ1n) is 12.8. The standard InChI is InChI=1S/C30H34N2O6S/c1-5-7-17-38-30(35)20-11-14-22(15-12-20)31-29(34)27(6-2)39-24-10-8-9-23(19-24)32-28(33)21-13-16-25(36-3)26(18-21)37-4/h8-16,18-19,27H,5-7,17H2,1-4H3,(H,31,34)(H,32,33). The van der Waals surface area contributed by atoms with Gasteiger partial charge in [0, 0.05) is 21.8 Å². The molecule has 39 heavy (non-hydrogen) atoms. The average molecular weight is 551 g/mol. The Balaban J connectivity index is 1.61. The molecule has 2 N–H and O–H groups in total. The molecule has 0 aromatic heterocycles. The van der Waals surface area contributed by atoms with Gasteiger partial charge in [-0.1, -0.05) is 26.3 Å². The molecule has 8 nitrogen and oxygen atoms in total. The molecule has 3 rings (SSSR count). The van der Waals surface area contributed by atoms with Crippen molar-refractivity contribution in [3.8, 4) is 11.5 Å². The highest BCUT2D eigenvalue weighted by Gasteiger charge is 2.19. The second kappa shape index (κ2) is 14.8. The Hall–Kier alpha value is -3.98. The SMILES string of the molecule is CCCCOC(=O)c1ccc(NC(=O)C(CC)Sc2cccc(NC(=O)c3ccc(OC)c(OC)c3)c2)cc1. The van der Waals surface area contributed by atoms with Gasteiger partial charge >= 0.3 is 5.97 Å². The smallest absolute Gasteiger partial charge is 0.338 e. The Bertz CT molecular complexity index is 1280. The number of amides is 2. The molecular formula is C30H34N2O6S. The summed E-state index contributed by atoms with van der Waals surface area (Å²) in [6, 6.07) is 19.0. The van der Waals surface area contributed by atoms with Crippen LogP contribution < -0.4 is 20.1 Å². The maximum atomic E-state index is 13.0. The third-order valence-electron chi connectivity index (χ3n) is 5.80. The number of carbonyl (C=O) groups is 3. The van der Waals surface area contributed by atoms with Gasteiger partial charge in [-0.15, -0.1) is 11.8 Å². The van der Waals surface area contributed by atoms with Gasteiger partial charge in [-0.05, 0) is 73.5 Å². The quantitative estimate of drug-likeness (QED) is 0.144. The molecule has 3 aromatic carbocycles. The predicted octanol–water partition coefficient (Wildman–Crippen LogP) is 6.42. The van der Waals surface area contributed by atoms with Crippen LogP contribution in [-0.2, 0) is 9.53 Å². The summed E-state index contributed by atoms with van der Waals surface area (Å²) >= 11 is 1.41. The number of esters is 1. The minimum Gasteiger partial charge on any atom is -0.493 e. The van der Waals surface area contributed by atoms with Crippen LogP contribution in [0.4, 0.5) is 11.4 Å². The van der Waals surface area contributed by atoms with Crippen LogP contribution in [-0.4, -0.2) is 43.9 Å². The van der Waals surface area contributed by atoms with E-state index in [9.17, 15) is 14.4 Å². The van der Waals surface area contributed by atoms with Gasteiger partial charge in [0.05, 0.1) is 31.6 Å². The van der Waals surface area contributed by atoms with Crippen molar-refractivity contribution in [2.75, 3.05) is 31.5 Å². The van der Waals surface area contributed by atoms with Crippen LogP contribution in [0.3, 0.4) is 0 Å². The Morgan fingerprint density at radius 2 is 1.54 bits per heavy atom. The van der Waals surface area contributed by atoms with E-state index in [1.165, 1.54) is 26.0 Å². The van der Waals surface area contributed by atoms with Crippen molar-refractivity contribution in [1.29, 1.82) is 0 Å². The molecule has 2 amide bonds. The van der Waals surface area contributed by atoms with Gasteiger partial charge in [0.25, 0.3) is 5.91 Å². The molecule has 0 fully saturated rings. The van der Waals surface area contributed by atoms with Crippen molar-refractivity contribution in [2.45, 2.75) is 43.3 Å². The number of thioether (sulfide) groups is 1. The number of anilines is 2. The van der Waals surface area contributed by atoms with Crippen LogP contribution in [0.5, 0.6) is 11.5 Å². The zero-order chi connectivity index (χ0) is 28.2. The van der Waals surface area contributed by atoms with Crippen molar-refractivity contribution in [3.05, 3.63) is 77.9 Å². The maximum absolute atomic E-state index is 13.0. The first kappa shape index (κ1) is 29.6. The molecule has 0 radical (unpaired) electrons. The predicted molar refractivity (Wildman–Crippen MR) is 154 cm³/mol. The fourth-order valence-corrected chi connectivity index (χ4v) is 4.63. The Labute approximate surface area is 233 Å². The molecular weight excluding hydrogens is 516 g/mol. The van der Waals surface area contributed by atoms with Crippen molar-refractivity contribution in [3.63, 3.8) is 0 Å². The van der Waals surface area contributed by atoms with Crippen molar-refractivity contribution >= 4 is 40.9 Å². The number of methoxy groups -OCH3 is 2. The van der Waals surface area contributed by atoms with Gasteiger partial charge in [-0.2, -0.15) is 0 Å². The van der Waals surface area contributed by atoms with Gasteiger partial charge in [0.2, 0.25) is 5.91 Å². The highest BCUT2D eigenvalue weighted by atomic mass is 32.2. The lowest BCUT2D eigenvalue weighted by molar-refractivity contribution is -0.115. The van der Waals surface area contributed by atoms with Gasteiger partial charge in [-0.25, -0.2) is 4.79 Å². The second-order valence-electron chi connectivity index (χ2n) is 8.62. The number of nitrogens with one attached hydrogen (secondary N) is 2. The van der Waals surface area contributed by atoms with E-state index in [0.717, 1.165) is 17.7 Å². The number of ether oxygens (including phenoxy) is 3. The van der Waals surface area contributed by atoms with Gasteiger partial charge in [0.15, 0.2) is 11.5 Å². The molecule has 0 saturated heterocycles. The summed E-state index contributed by atoms with van der Waals surface area (Å²) in [5.74, 6) is 0.188. The minimum atomic E-state index is -0.374. The molecule has 0 spiro atoms. The molecule has 0 saturated carbocycles. The summed E-state index contributed by atoms with van der Waals surface area (Å²) in [6.45, 7) is 4.36. The van der Waals surface area contributed by atoms with Gasteiger partial charge < -0.3 is 24.8 Å². The summed E-state index contributed by atoms with van der Waals surface area (Å²) in [5, 5.41) is 5.45. The third-order valence-corrected chi connectivity index (χ3v) is 7.16. The number of rotatable bonds is 13. The summed E-state index contributed by atoms with van der Waals surface area (Å²) in [4.78, 5) is 38.7. The highest BCUT2D eigenvalue weighted by molar-refractivity contribution is 8.00. The van der Waals surface area contributed by atoms with E-state index >= 15 is 0 Å². The lowest BCUT2D eigenvalue weighted by Crippen LogP contribution is -2.24. The van der Waals surface area contributed by atoms with Crippen molar-refractivity contribution in [2.24, 2.45) is 0 Å². The molecule has 0 aliphatic rings. The highest BCUT2D eigenvalue weighted by Crippen LogP contribution is 2.30. The number of benzene rings is 3. The van der Waals surface area contributed by atoms with Gasteiger partial charge in [0.1, 0.15) is 0 Å². The Kier molecular flexibility index (Phi) is 11.2. The average Bonchev–Trinajstić information content (AvgIpc) is 2.96. The Morgan fingerprint density at radius 1 is 0.821 bits per heavy atom. The van der Waals surface area contributed by atoms with E-state index < -0.39 is 0 Å². The van der Waals surface area contributed by atoms with E-state index in [2.05, 4.69) is 10.6 Å². The number of unbranched alkanes of at least 4 members (excludes halogenated alkanes) is 1. The molecule has 9 heteroatoms. The molecule has 0 aliphatic heterocycles. The molecule has 0 heterocycles. The van der Waals surface area contributed by atoms with Crippen LogP contribution >= 0.6 is 11.8 Å². The van der Waals surface area contributed by atoms with E-state index in [1.807, 2.05) is 32.0 Å². The van der Waals surface area contributed by atoms with Crippen molar-refractivity contribution < 1.29 is 28.6 Å². The van der Waals surface area contributed by atoms with Crippen molar-refractivity contribution in [1.82, 2.24) is 0 Å². The second-order valence-corrected chi connectivity index (χ2v) is 9.90. The lowest BCUT2D eigenvalue weighted by atomic mass is 10.2. The van der Waals surface area contributed by atoms with Crippen LogP contribution in [0.2, 0.25) is 0 Å².